The van der Waals surface area contributed by atoms with E-state index in [1.165, 1.54) is 18.9 Å². The molecule has 1 saturated carbocycles. The molecular formula is C11H14N4O3S. The molecule has 3 N–H and O–H groups in total. The summed E-state index contributed by atoms with van der Waals surface area (Å²) in [6.07, 6.45) is 4.67. The maximum absolute atomic E-state index is 10.9. The van der Waals surface area contributed by atoms with Crippen molar-refractivity contribution in [3.05, 3.63) is 27.9 Å². The Hall–Kier alpha value is -1.83. The topological polar surface area (TPSA) is 115 Å². The van der Waals surface area contributed by atoms with Gasteiger partial charge in [0.25, 0.3) is 5.69 Å². The number of nitrogens with zero attached hydrogens (tertiary/aromatic N) is 3. The molecule has 2 rings (SSSR count). The largest absolute Gasteiger partial charge is 0.409 e. The number of nitro groups is 1. The van der Waals surface area contributed by atoms with Crippen LogP contribution in [0.1, 0.15) is 31.4 Å². The number of amidine groups is 1. The zero-order valence-electron chi connectivity index (χ0n) is 10.2. The Morgan fingerprint density at radius 3 is 2.79 bits per heavy atom. The first-order chi connectivity index (χ1) is 9.11. The van der Waals surface area contributed by atoms with E-state index in [4.69, 9.17) is 10.9 Å². The van der Waals surface area contributed by atoms with Gasteiger partial charge < -0.3 is 10.9 Å². The average Bonchev–Trinajstić information content (AvgIpc) is 2.90. The summed E-state index contributed by atoms with van der Waals surface area (Å²) < 4.78 is 0. The molecule has 0 aromatic carbocycles. The van der Waals surface area contributed by atoms with Gasteiger partial charge in [-0.2, -0.15) is 0 Å². The maximum atomic E-state index is 10.9. The molecule has 1 aromatic rings. The summed E-state index contributed by atoms with van der Waals surface area (Å²) in [6, 6.07) is 2.95. The Labute approximate surface area is 114 Å². The van der Waals surface area contributed by atoms with Crippen molar-refractivity contribution < 1.29 is 10.1 Å². The lowest BCUT2D eigenvalue weighted by molar-refractivity contribution is -0.385. The SMILES string of the molecule is N/C(=N/O)c1nc(SC2CCCC2)ccc1[N+](=O)[O-]. The summed E-state index contributed by atoms with van der Waals surface area (Å²) in [6.45, 7) is 0. The summed E-state index contributed by atoms with van der Waals surface area (Å²) in [5.74, 6) is -0.347. The molecule has 1 fully saturated rings. The van der Waals surface area contributed by atoms with Gasteiger partial charge in [-0.05, 0) is 18.9 Å². The van der Waals surface area contributed by atoms with Crippen molar-refractivity contribution in [3.63, 3.8) is 0 Å². The van der Waals surface area contributed by atoms with E-state index in [9.17, 15) is 10.1 Å². The van der Waals surface area contributed by atoms with Gasteiger partial charge in [-0.3, -0.25) is 10.1 Å². The second-order valence-corrected chi connectivity index (χ2v) is 5.60. The third-order valence-electron chi connectivity index (χ3n) is 2.99. The smallest absolute Gasteiger partial charge is 0.298 e. The highest BCUT2D eigenvalue weighted by Gasteiger charge is 2.22. The Morgan fingerprint density at radius 1 is 1.53 bits per heavy atom. The van der Waals surface area contributed by atoms with Crippen LogP contribution in [-0.4, -0.2) is 26.2 Å². The summed E-state index contributed by atoms with van der Waals surface area (Å²) in [5.41, 5.74) is 5.09. The van der Waals surface area contributed by atoms with Crippen LogP contribution in [0.25, 0.3) is 0 Å². The van der Waals surface area contributed by atoms with Gasteiger partial charge in [0.05, 0.1) is 9.95 Å². The van der Waals surface area contributed by atoms with Gasteiger partial charge in [-0.25, -0.2) is 4.98 Å². The van der Waals surface area contributed by atoms with Crippen LogP contribution in [-0.2, 0) is 0 Å². The average molecular weight is 282 g/mol. The van der Waals surface area contributed by atoms with Gasteiger partial charge in [-0.1, -0.05) is 18.0 Å². The van der Waals surface area contributed by atoms with Gasteiger partial charge >= 0.3 is 0 Å². The highest BCUT2D eigenvalue weighted by Crippen LogP contribution is 2.34. The Kier molecular flexibility index (Phi) is 4.20. The van der Waals surface area contributed by atoms with Gasteiger partial charge in [0.15, 0.2) is 11.5 Å². The first-order valence-electron chi connectivity index (χ1n) is 5.92. The van der Waals surface area contributed by atoms with E-state index in [2.05, 4.69) is 10.1 Å². The number of hydrogen-bond donors (Lipinski definition) is 2. The molecule has 0 unspecified atom stereocenters. The normalized spacial score (nSPS) is 16.7. The molecule has 0 amide bonds. The van der Waals surface area contributed by atoms with Crippen molar-refractivity contribution in [1.29, 1.82) is 0 Å². The highest BCUT2D eigenvalue weighted by molar-refractivity contribution is 7.99. The molecule has 1 aliphatic rings. The lowest BCUT2D eigenvalue weighted by Gasteiger charge is -2.08. The summed E-state index contributed by atoms with van der Waals surface area (Å²) >= 11 is 1.59. The minimum absolute atomic E-state index is 0.0875. The third-order valence-corrected chi connectivity index (χ3v) is 4.26. The van der Waals surface area contributed by atoms with Crippen molar-refractivity contribution in [2.45, 2.75) is 36.0 Å². The predicted octanol–water partition coefficient (Wildman–Crippen LogP) is 2.12. The van der Waals surface area contributed by atoms with Crippen molar-refractivity contribution >= 4 is 23.3 Å². The van der Waals surface area contributed by atoms with Crippen LogP contribution in [0.3, 0.4) is 0 Å². The molecule has 0 bridgehead atoms. The van der Waals surface area contributed by atoms with E-state index < -0.39 is 4.92 Å². The van der Waals surface area contributed by atoms with Crippen LogP contribution in [0, 0.1) is 10.1 Å². The van der Waals surface area contributed by atoms with Crippen molar-refractivity contribution in [3.8, 4) is 0 Å². The van der Waals surface area contributed by atoms with Crippen molar-refractivity contribution in [2.24, 2.45) is 10.9 Å². The van der Waals surface area contributed by atoms with Crippen LogP contribution >= 0.6 is 11.8 Å². The molecular weight excluding hydrogens is 268 g/mol. The number of hydrogen-bond acceptors (Lipinski definition) is 6. The third kappa shape index (κ3) is 3.14. The molecule has 0 spiro atoms. The summed E-state index contributed by atoms with van der Waals surface area (Å²) in [4.78, 5) is 14.4. The number of aromatic nitrogens is 1. The molecule has 0 radical (unpaired) electrons. The molecule has 1 aliphatic carbocycles. The molecule has 19 heavy (non-hydrogen) atoms. The minimum Gasteiger partial charge on any atom is -0.409 e. The number of rotatable bonds is 4. The molecule has 7 nitrogen and oxygen atoms in total. The molecule has 1 aromatic heterocycles. The standard InChI is InChI=1S/C11H14N4O3S/c12-11(14-16)10-8(15(17)18)5-6-9(13-10)19-7-3-1-2-4-7/h5-7,16H,1-4H2,(H2,12,14). The van der Waals surface area contributed by atoms with E-state index in [0.717, 1.165) is 12.8 Å². The van der Waals surface area contributed by atoms with Crippen LogP contribution in [0.15, 0.2) is 22.3 Å². The fraction of sp³-hybridized carbons (Fsp3) is 0.455. The lowest BCUT2D eigenvalue weighted by Crippen LogP contribution is -2.17. The van der Waals surface area contributed by atoms with Crippen LogP contribution < -0.4 is 5.73 Å². The Balaban J connectivity index is 2.29. The summed E-state index contributed by atoms with van der Waals surface area (Å²) in [7, 11) is 0. The predicted molar refractivity (Wildman–Crippen MR) is 71.5 cm³/mol. The first-order valence-corrected chi connectivity index (χ1v) is 6.79. The first kappa shape index (κ1) is 13.6. The maximum Gasteiger partial charge on any atom is 0.298 e. The van der Waals surface area contributed by atoms with Gasteiger partial charge in [0.2, 0.25) is 0 Å². The number of oxime groups is 1. The van der Waals surface area contributed by atoms with E-state index >= 15 is 0 Å². The second kappa shape index (κ2) is 5.87. The van der Waals surface area contributed by atoms with Crippen LogP contribution in [0.5, 0.6) is 0 Å². The van der Waals surface area contributed by atoms with E-state index in [1.54, 1.807) is 17.8 Å². The van der Waals surface area contributed by atoms with Gasteiger partial charge in [0.1, 0.15) is 0 Å². The molecule has 102 valence electrons. The monoisotopic (exact) mass is 282 g/mol. The second-order valence-electron chi connectivity index (χ2n) is 4.28. The van der Waals surface area contributed by atoms with E-state index in [-0.39, 0.29) is 17.2 Å². The number of pyridine rings is 1. The summed E-state index contributed by atoms with van der Waals surface area (Å²) in [5, 5.41) is 23.5. The fourth-order valence-electron chi connectivity index (χ4n) is 2.06. The van der Waals surface area contributed by atoms with E-state index in [1.807, 2.05) is 0 Å². The number of nitrogens with two attached hydrogens (primary N) is 1. The van der Waals surface area contributed by atoms with E-state index in [0.29, 0.717) is 10.3 Å². The molecule has 0 aliphatic heterocycles. The van der Waals surface area contributed by atoms with Crippen LogP contribution in [0.2, 0.25) is 0 Å². The molecule has 8 heteroatoms. The fourth-order valence-corrected chi connectivity index (χ4v) is 3.26. The molecule has 0 atom stereocenters. The van der Waals surface area contributed by atoms with Crippen molar-refractivity contribution in [2.75, 3.05) is 0 Å². The molecule has 1 heterocycles. The number of thioether (sulfide) groups is 1. The van der Waals surface area contributed by atoms with Crippen LogP contribution in [0.4, 0.5) is 5.69 Å². The lowest BCUT2D eigenvalue weighted by atomic mass is 10.3. The Bertz CT molecular complexity index is 515. The highest BCUT2D eigenvalue weighted by atomic mass is 32.2. The molecule has 0 saturated heterocycles. The van der Waals surface area contributed by atoms with Crippen molar-refractivity contribution in [1.82, 2.24) is 4.98 Å². The Morgan fingerprint density at radius 2 is 2.21 bits per heavy atom. The van der Waals surface area contributed by atoms with Gasteiger partial charge in [0, 0.05) is 11.3 Å². The quantitative estimate of drug-likeness (QED) is 0.287. The zero-order chi connectivity index (χ0) is 13.8. The van der Waals surface area contributed by atoms with Gasteiger partial charge in [-0.15, -0.1) is 11.8 Å². The zero-order valence-corrected chi connectivity index (χ0v) is 11.0. The minimum atomic E-state index is -0.593.